The van der Waals surface area contributed by atoms with Gasteiger partial charge in [0, 0.05) is 5.56 Å². The monoisotopic (exact) mass is 176 g/mol. The second-order valence-corrected chi connectivity index (χ2v) is 3.31. The quantitative estimate of drug-likeness (QED) is 0.480. The highest BCUT2D eigenvalue weighted by molar-refractivity contribution is 5.93. The van der Waals surface area contributed by atoms with E-state index in [0.717, 1.165) is 17.7 Å². The van der Waals surface area contributed by atoms with Crippen LogP contribution in [-0.4, -0.2) is 12.6 Å². The van der Waals surface area contributed by atoms with Crippen molar-refractivity contribution in [2.75, 3.05) is 6.61 Å². The summed E-state index contributed by atoms with van der Waals surface area (Å²) < 4.78 is 10.1. The number of esters is 1. The number of carbonyl (C=O) groups is 1. The van der Waals surface area contributed by atoms with Gasteiger partial charge in [0.1, 0.15) is 12.7 Å². The van der Waals surface area contributed by atoms with Gasteiger partial charge in [-0.05, 0) is 17.7 Å². The molecule has 0 radical (unpaired) electrons. The molecule has 3 heteroatoms. The van der Waals surface area contributed by atoms with Crippen LogP contribution in [0.3, 0.4) is 0 Å². The minimum absolute atomic E-state index is 0.210. The largest absolute Gasteiger partial charge is 0.457 e. The first-order valence-corrected chi connectivity index (χ1v) is 4.26. The standard InChI is InChI=1S/C10H8O3/c11-10-8-2-1-6(9-5-12-9)3-7(8)4-13-10/h1-3,9H,4-5H2. The summed E-state index contributed by atoms with van der Waals surface area (Å²) in [7, 11) is 0. The average molecular weight is 176 g/mol. The lowest BCUT2D eigenvalue weighted by Crippen LogP contribution is -1.93. The number of fused-ring (bicyclic) bond motifs is 1. The molecule has 1 aromatic carbocycles. The molecule has 0 bridgehead atoms. The molecule has 0 saturated carbocycles. The predicted octanol–water partition coefficient (Wildman–Crippen LogP) is 1.43. The topological polar surface area (TPSA) is 38.8 Å². The molecule has 0 aromatic heterocycles. The Labute approximate surface area is 75.3 Å². The fraction of sp³-hybridized carbons (Fsp3) is 0.300. The molecule has 0 amide bonds. The zero-order valence-electron chi connectivity index (χ0n) is 6.95. The number of ether oxygens (including phenoxy) is 2. The molecule has 0 aliphatic carbocycles. The average Bonchev–Trinajstić information content (AvgIpc) is 2.93. The van der Waals surface area contributed by atoms with Crippen LogP contribution in [0.15, 0.2) is 18.2 Å². The molecule has 13 heavy (non-hydrogen) atoms. The fourth-order valence-corrected chi connectivity index (χ4v) is 1.59. The third-order valence-corrected chi connectivity index (χ3v) is 2.41. The van der Waals surface area contributed by atoms with E-state index < -0.39 is 0 Å². The third-order valence-electron chi connectivity index (χ3n) is 2.41. The molecule has 1 atom stereocenters. The normalized spacial score (nSPS) is 24.0. The summed E-state index contributed by atoms with van der Waals surface area (Å²) in [6.07, 6.45) is 0.251. The van der Waals surface area contributed by atoms with Gasteiger partial charge in [0.25, 0.3) is 0 Å². The van der Waals surface area contributed by atoms with E-state index >= 15 is 0 Å². The Kier molecular flexibility index (Phi) is 1.27. The van der Waals surface area contributed by atoms with Crippen LogP contribution in [0.4, 0.5) is 0 Å². The summed E-state index contributed by atoms with van der Waals surface area (Å²) in [6, 6.07) is 5.75. The van der Waals surface area contributed by atoms with Crippen molar-refractivity contribution in [3.05, 3.63) is 34.9 Å². The summed E-state index contributed by atoms with van der Waals surface area (Å²) in [5.74, 6) is -0.210. The molecule has 1 fully saturated rings. The van der Waals surface area contributed by atoms with Crippen LogP contribution in [0, 0.1) is 0 Å². The Balaban J connectivity index is 2.07. The molecule has 2 heterocycles. The maximum Gasteiger partial charge on any atom is 0.338 e. The van der Waals surface area contributed by atoms with E-state index in [-0.39, 0.29) is 12.1 Å². The van der Waals surface area contributed by atoms with Gasteiger partial charge in [-0.1, -0.05) is 6.07 Å². The number of carbonyl (C=O) groups excluding carboxylic acids is 1. The molecule has 2 aliphatic heterocycles. The third kappa shape index (κ3) is 1.04. The zero-order chi connectivity index (χ0) is 8.84. The van der Waals surface area contributed by atoms with Crippen molar-refractivity contribution in [1.82, 2.24) is 0 Å². The molecule has 1 unspecified atom stereocenters. The van der Waals surface area contributed by atoms with Crippen LogP contribution in [-0.2, 0) is 16.1 Å². The lowest BCUT2D eigenvalue weighted by molar-refractivity contribution is 0.0535. The Bertz CT molecular complexity index is 380. The zero-order valence-corrected chi connectivity index (χ0v) is 6.95. The first-order valence-electron chi connectivity index (χ1n) is 4.26. The van der Waals surface area contributed by atoms with E-state index in [1.165, 1.54) is 0 Å². The van der Waals surface area contributed by atoms with Crippen LogP contribution >= 0.6 is 0 Å². The van der Waals surface area contributed by atoms with Gasteiger partial charge in [0.05, 0.1) is 12.2 Å². The van der Waals surface area contributed by atoms with Gasteiger partial charge in [-0.3, -0.25) is 0 Å². The maximum absolute atomic E-state index is 11.1. The van der Waals surface area contributed by atoms with E-state index in [1.54, 1.807) is 0 Å². The van der Waals surface area contributed by atoms with Crippen molar-refractivity contribution >= 4 is 5.97 Å². The van der Waals surface area contributed by atoms with Gasteiger partial charge in [0.15, 0.2) is 0 Å². The highest BCUT2D eigenvalue weighted by Crippen LogP contribution is 2.32. The molecule has 3 nitrogen and oxygen atoms in total. The van der Waals surface area contributed by atoms with E-state index in [0.29, 0.717) is 12.2 Å². The Morgan fingerprint density at radius 3 is 3.00 bits per heavy atom. The second-order valence-electron chi connectivity index (χ2n) is 3.31. The van der Waals surface area contributed by atoms with Crippen LogP contribution < -0.4 is 0 Å². The van der Waals surface area contributed by atoms with Gasteiger partial charge >= 0.3 is 5.97 Å². The van der Waals surface area contributed by atoms with Crippen molar-refractivity contribution in [3.8, 4) is 0 Å². The summed E-state index contributed by atoms with van der Waals surface area (Å²) >= 11 is 0. The van der Waals surface area contributed by atoms with Crippen molar-refractivity contribution < 1.29 is 14.3 Å². The number of benzene rings is 1. The first-order chi connectivity index (χ1) is 6.34. The van der Waals surface area contributed by atoms with E-state index in [2.05, 4.69) is 0 Å². The number of epoxide rings is 1. The van der Waals surface area contributed by atoms with Crippen molar-refractivity contribution in [2.45, 2.75) is 12.7 Å². The molecule has 0 N–H and O–H groups in total. The lowest BCUT2D eigenvalue weighted by Gasteiger charge is -1.97. The fourth-order valence-electron chi connectivity index (χ4n) is 1.59. The highest BCUT2D eigenvalue weighted by atomic mass is 16.6. The highest BCUT2D eigenvalue weighted by Gasteiger charge is 2.28. The van der Waals surface area contributed by atoms with E-state index in [9.17, 15) is 4.79 Å². The van der Waals surface area contributed by atoms with Gasteiger partial charge in [-0.25, -0.2) is 4.79 Å². The van der Waals surface area contributed by atoms with E-state index in [4.69, 9.17) is 9.47 Å². The Morgan fingerprint density at radius 1 is 1.38 bits per heavy atom. The minimum Gasteiger partial charge on any atom is -0.457 e. The minimum atomic E-state index is -0.210. The maximum atomic E-state index is 11.1. The van der Waals surface area contributed by atoms with Crippen LogP contribution in [0.25, 0.3) is 0 Å². The second kappa shape index (κ2) is 2.33. The van der Waals surface area contributed by atoms with Crippen molar-refractivity contribution in [2.24, 2.45) is 0 Å². The molecule has 1 aromatic rings. The molecular formula is C10H8O3. The smallest absolute Gasteiger partial charge is 0.338 e. The number of hydrogen-bond donors (Lipinski definition) is 0. The van der Waals surface area contributed by atoms with Gasteiger partial charge in [-0.2, -0.15) is 0 Å². The number of cyclic esters (lactones) is 1. The Hall–Kier alpha value is -1.35. The summed E-state index contributed by atoms with van der Waals surface area (Å²) in [6.45, 7) is 1.21. The van der Waals surface area contributed by atoms with Crippen molar-refractivity contribution in [1.29, 1.82) is 0 Å². The predicted molar refractivity (Wildman–Crippen MR) is 44.3 cm³/mol. The molecule has 0 spiro atoms. The molecule has 2 aliphatic rings. The molecular weight excluding hydrogens is 168 g/mol. The van der Waals surface area contributed by atoms with Gasteiger partial charge in [-0.15, -0.1) is 0 Å². The van der Waals surface area contributed by atoms with Crippen LogP contribution in [0.2, 0.25) is 0 Å². The molecule has 1 saturated heterocycles. The first kappa shape index (κ1) is 7.09. The SMILES string of the molecule is O=C1OCc2cc(C3CO3)ccc21. The van der Waals surface area contributed by atoms with Crippen LogP contribution in [0.1, 0.15) is 27.6 Å². The Morgan fingerprint density at radius 2 is 2.23 bits per heavy atom. The number of hydrogen-bond acceptors (Lipinski definition) is 3. The number of rotatable bonds is 1. The molecule has 66 valence electrons. The van der Waals surface area contributed by atoms with Crippen molar-refractivity contribution in [3.63, 3.8) is 0 Å². The van der Waals surface area contributed by atoms with E-state index in [1.807, 2.05) is 18.2 Å². The van der Waals surface area contributed by atoms with Crippen LogP contribution in [0.5, 0.6) is 0 Å². The van der Waals surface area contributed by atoms with Gasteiger partial charge < -0.3 is 9.47 Å². The van der Waals surface area contributed by atoms with Gasteiger partial charge in [0.2, 0.25) is 0 Å². The summed E-state index contributed by atoms with van der Waals surface area (Å²) in [5.41, 5.74) is 2.83. The summed E-state index contributed by atoms with van der Waals surface area (Å²) in [4.78, 5) is 11.1. The summed E-state index contributed by atoms with van der Waals surface area (Å²) in [5, 5.41) is 0. The molecule has 3 rings (SSSR count). The lowest BCUT2D eigenvalue weighted by atomic mass is 10.0.